The number of aromatic nitrogens is 2. The Hall–Kier alpha value is -1.78. The van der Waals surface area contributed by atoms with Gasteiger partial charge in [-0.05, 0) is 6.26 Å². The predicted octanol–water partition coefficient (Wildman–Crippen LogP) is 1.28. The minimum atomic E-state index is -5.08. The third-order valence-electron chi connectivity index (χ3n) is 2.22. The molecule has 1 aromatic heterocycles. The summed E-state index contributed by atoms with van der Waals surface area (Å²) in [6, 6.07) is 0. The monoisotopic (exact) mass is 326 g/mol. The Kier molecular flexibility index (Phi) is 6.46. The van der Waals surface area contributed by atoms with Crippen LogP contribution in [-0.4, -0.2) is 53.1 Å². The zero-order chi connectivity index (χ0) is 15.9. The van der Waals surface area contributed by atoms with Crippen LogP contribution >= 0.6 is 11.8 Å². The van der Waals surface area contributed by atoms with Gasteiger partial charge in [0.05, 0.1) is 24.6 Å². The highest BCUT2D eigenvalue weighted by atomic mass is 32.2. The van der Waals surface area contributed by atoms with E-state index in [2.05, 4.69) is 20.4 Å². The number of hydrogen-bond acceptors (Lipinski definition) is 7. The van der Waals surface area contributed by atoms with Crippen LogP contribution in [0.1, 0.15) is 17.6 Å². The molecule has 0 radical (unpaired) electrons. The molecular formula is C10H13F3N4O3S. The molecule has 0 spiro atoms. The van der Waals surface area contributed by atoms with Crippen LogP contribution in [0.15, 0.2) is 9.52 Å². The molecule has 0 amide bonds. The summed E-state index contributed by atoms with van der Waals surface area (Å²) in [5.74, 6) is -0.275. The number of nitrogens with one attached hydrogen (secondary N) is 1. The first kappa shape index (κ1) is 17.3. The quantitative estimate of drug-likeness (QED) is 0.863. The predicted molar refractivity (Wildman–Crippen MR) is 69.3 cm³/mol. The van der Waals surface area contributed by atoms with Gasteiger partial charge in [-0.25, -0.2) is 4.79 Å². The highest BCUT2D eigenvalue weighted by Gasteiger charge is 2.38. The van der Waals surface area contributed by atoms with E-state index in [1.165, 1.54) is 0 Å². The number of aliphatic imine (C=N–C) groups is 1. The molecule has 0 aliphatic carbocycles. The van der Waals surface area contributed by atoms with Gasteiger partial charge < -0.3 is 14.9 Å². The number of carboxylic acids is 1. The van der Waals surface area contributed by atoms with Crippen molar-refractivity contribution in [2.45, 2.75) is 17.8 Å². The molecule has 0 aromatic carbocycles. The summed E-state index contributed by atoms with van der Waals surface area (Å²) >= 11 is 1.68. The first-order valence-electron chi connectivity index (χ1n) is 5.67. The molecule has 1 unspecified atom stereocenters. The maximum atomic E-state index is 10.6. The van der Waals surface area contributed by atoms with Gasteiger partial charge in [0, 0.05) is 6.54 Å². The zero-order valence-electron chi connectivity index (χ0n) is 10.9. The molecule has 1 aliphatic heterocycles. The Bertz CT molecular complexity index is 492. The van der Waals surface area contributed by atoms with Gasteiger partial charge in [0.15, 0.2) is 5.82 Å². The summed E-state index contributed by atoms with van der Waals surface area (Å²) in [4.78, 5) is 17.3. The molecule has 7 nitrogen and oxygen atoms in total. The topological polar surface area (TPSA) is 101 Å². The molecule has 0 fully saturated rings. The number of rotatable bonds is 3. The summed E-state index contributed by atoms with van der Waals surface area (Å²) in [5.41, 5.74) is 0. The second-order valence-electron chi connectivity index (χ2n) is 3.88. The van der Waals surface area contributed by atoms with Gasteiger partial charge in [-0.1, -0.05) is 5.16 Å². The summed E-state index contributed by atoms with van der Waals surface area (Å²) in [5, 5.41) is 14.1. The molecule has 0 bridgehead atoms. The van der Waals surface area contributed by atoms with Crippen LogP contribution in [-0.2, 0) is 10.5 Å². The molecule has 2 heterocycles. The number of hydrogen-bond donors (Lipinski definition) is 2. The third-order valence-corrected chi connectivity index (χ3v) is 2.77. The van der Waals surface area contributed by atoms with Gasteiger partial charge in [-0.15, -0.1) is 0 Å². The van der Waals surface area contributed by atoms with Gasteiger partial charge in [0.1, 0.15) is 0 Å². The summed E-state index contributed by atoms with van der Waals surface area (Å²) in [7, 11) is 0. The Labute approximate surface area is 122 Å². The Morgan fingerprint density at radius 3 is 2.76 bits per heavy atom. The molecule has 2 rings (SSSR count). The lowest BCUT2D eigenvalue weighted by atomic mass is 10.1. The molecular weight excluding hydrogens is 313 g/mol. The highest BCUT2D eigenvalue weighted by molar-refractivity contribution is 7.97. The first-order valence-corrected chi connectivity index (χ1v) is 7.07. The largest absolute Gasteiger partial charge is 0.490 e. The fourth-order valence-electron chi connectivity index (χ4n) is 1.29. The van der Waals surface area contributed by atoms with Crippen molar-refractivity contribution in [1.82, 2.24) is 15.5 Å². The average molecular weight is 326 g/mol. The Morgan fingerprint density at radius 2 is 2.29 bits per heavy atom. The lowest BCUT2D eigenvalue weighted by molar-refractivity contribution is -0.192. The van der Waals surface area contributed by atoms with Crippen molar-refractivity contribution in [2.75, 3.05) is 19.3 Å². The molecule has 118 valence electrons. The fraction of sp³-hybridized carbons (Fsp3) is 0.600. The van der Waals surface area contributed by atoms with Gasteiger partial charge in [-0.3, -0.25) is 4.99 Å². The van der Waals surface area contributed by atoms with Gasteiger partial charge in [-0.2, -0.15) is 29.9 Å². The van der Waals surface area contributed by atoms with Crippen LogP contribution in [0.25, 0.3) is 0 Å². The number of carbonyl (C=O) groups is 1. The smallest absolute Gasteiger partial charge is 0.475 e. The standard InChI is InChI=1S/C8H12N4OS.C2HF3O2/c1-14-4-7-11-8(13-12-7)6-2-9-5-10-3-6;3-2(4,5)1(6)7/h5-6H,2-4H2,1H3,(H,9,10);(H,6,7). The summed E-state index contributed by atoms with van der Waals surface area (Å²) in [6.07, 6.45) is -1.35. The maximum Gasteiger partial charge on any atom is 0.490 e. The molecule has 21 heavy (non-hydrogen) atoms. The van der Waals surface area contributed by atoms with E-state index in [1.54, 1.807) is 18.1 Å². The number of aliphatic carboxylic acids is 1. The van der Waals surface area contributed by atoms with E-state index in [0.717, 1.165) is 24.7 Å². The maximum absolute atomic E-state index is 10.6. The van der Waals surface area contributed by atoms with E-state index >= 15 is 0 Å². The highest BCUT2D eigenvalue weighted by Crippen LogP contribution is 2.16. The van der Waals surface area contributed by atoms with Crippen LogP contribution in [0, 0.1) is 0 Å². The van der Waals surface area contributed by atoms with Crippen molar-refractivity contribution in [3.05, 3.63) is 11.7 Å². The van der Waals surface area contributed by atoms with E-state index in [4.69, 9.17) is 14.4 Å². The summed E-state index contributed by atoms with van der Waals surface area (Å²) in [6.45, 7) is 1.55. The molecule has 1 aliphatic rings. The second kappa shape index (κ2) is 7.86. The normalized spacial score (nSPS) is 17.6. The molecule has 0 saturated heterocycles. The van der Waals surface area contributed by atoms with Crippen molar-refractivity contribution < 1.29 is 27.6 Å². The van der Waals surface area contributed by atoms with E-state index in [-0.39, 0.29) is 5.92 Å². The molecule has 2 N–H and O–H groups in total. The number of nitrogens with zero attached hydrogens (tertiary/aromatic N) is 3. The average Bonchev–Trinajstić information content (AvgIpc) is 2.88. The van der Waals surface area contributed by atoms with Crippen LogP contribution in [0.2, 0.25) is 0 Å². The Morgan fingerprint density at radius 1 is 1.62 bits per heavy atom. The lowest BCUT2D eigenvalue weighted by Crippen LogP contribution is -2.27. The summed E-state index contributed by atoms with van der Waals surface area (Å²) < 4.78 is 36.9. The SMILES string of the molecule is CSCc1noc(C2CN=CNC2)n1.O=C(O)C(F)(F)F. The van der Waals surface area contributed by atoms with Crippen molar-refractivity contribution in [3.63, 3.8) is 0 Å². The number of thioether (sulfide) groups is 1. The van der Waals surface area contributed by atoms with Gasteiger partial charge in [0.25, 0.3) is 0 Å². The third kappa shape index (κ3) is 6.02. The van der Waals surface area contributed by atoms with Gasteiger partial charge >= 0.3 is 12.1 Å². The van der Waals surface area contributed by atoms with Crippen LogP contribution in [0.3, 0.4) is 0 Å². The zero-order valence-corrected chi connectivity index (χ0v) is 11.7. The van der Waals surface area contributed by atoms with Gasteiger partial charge in [0.2, 0.25) is 5.89 Å². The Balaban J connectivity index is 0.000000270. The number of alkyl halides is 3. The minimum Gasteiger partial charge on any atom is -0.475 e. The van der Waals surface area contributed by atoms with Crippen molar-refractivity contribution in [2.24, 2.45) is 4.99 Å². The van der Waals surface area contributed by atoms with E-state index in [9.17, 15) is 13.2 Å². The first-order chi connectivity index (χ1) is 9.84. The van der Waals surface area contributed by atoms with E-state index < -0.39 is 12.1 Å². The van der Waals surface area contributed by atoms with E-state index in [1.807, 2.05) is 6.26 Å². The van der Waals surface area contributed by atoms with Crippen LogP contribution in [0.5, 0.6) is 0 Å². The number of halogens is 3. The lowest BCUT2D eigenvalue weighted by Gasteiger charge is -2.13. The number of carboxylic acid groups (broad SMARTS) is 1. The molecule has 1 atom stereocenters. The molecule has 1 aromatic rings. The van der Waals surface area contributed by atoms with Crippen LogP contribution in [0.4, 0.5) is 13.2 Å². The molecule has 11 heteroatoms. The van der Waals surface area contributed by atoms with Crippen LogP contribution < -0.4 is 5.32 Å². The van der Waals surface area contributed by atoms with Crippen molar-refractivity contribution in [3.8, 4) is 0 Å². The van der Waals surface area contributed by atoms with Crippen molar-refractivity contribution >= 4 is 24.1 Å². The van der Waals surface area contributed by atoms with Crippen molar-refractivity contribution in [1.29, 1.82) is 0 Å². The fourth-order valence-corrected chi connectivity index (χ4v) is 1.67. The van der Waals surface area contributed by atoms with E-state index in [0.29, 0.717) is 5.89 Å². The second-order valence-corrected chi connectivity index (χ2v) is 4.75. The molecule has 0 saturated carbocycles. The minimum absolute atomic E-state index is 0.225.